The van der Waals surface area contributed by atoms with Crippen LogP contribution < -0.4 is 9.47 Å². The van der Waals surface area contributed by atoms with E-state index in [1.54, 1.807) is 12.1 Å². The van der Waals surface area contributed by atoms with Crippen LogP contribution in [0.4, 0.5) is 0 Å². The van der Waals surface area contributed by atoms with Crippen molar-refractivity contribution in [3.63, 3.8) is 0 Å². The minimum Gasteiger partial charge on any atom is -0.486 e. The van der Waals surface area contributed by atoms with Gasteiger partial charge in [-0.25, -0.2) is 0 Å². The van der Waals surface area contributed by atoms with E-state index in [9.17, 15) is 4.79 Å². The van der Waals surface area contributed by atoms with Crippen LogP contribution in [-0.2, 0) is 6.42 Å². The van der Waals surface area contributed by atoms with Crippen molar-refractivity contribution in [2.75, 3.05) is 13.2 Å². The highest BCUT2D eigenvalue weighted by atomic mass is 79.9. The summed E-state index contributed by atoms with van der Waals surface area (Å²) in [4.78, 5) is 12.5. The van der Waals surface area contributed by atoms with Gasteiger partial charge in [0, 0.05) is 20.9 Å². The first-order chi connectivity index (χ1) is 10.1. The number of rotatable bonds is 3. The zero-order chi connectivity index (χ0) is 14.8. The molecule has 2 aromatic rings. The SMILES string of the molecule is O=C(Cc1ccc(Br)cc1)c1cc2c(cc1Br)OCCO2. The van der Waals surface area contributed by atoms with Gasteiger partial charge in [0.05, 0.1) is 0 Å². The molecule has 5 heteroatoms. The highest BCUT2D eigenvalue weighted by Crippen LogP contribution is 2.36. The Hall–Kier alpha value is -1.33. The Labute approximate surface area is 139 Å². The average Bonchev–Trinajstić information content (AvgIpc) is 2.49. The van der Waals surface area contributed by atoms with Crippen molar-refractivity contribution in [3.05, 3.63) is 56.5 Å². The molecule has 0 N–H and O–H groups in total. The van der Waals surface area contributed by atoms with Gasteiger partial charge in [0.2, 0.25) is 0 Å². The van der Waals surface area contributed by atoms with Crippen molar-refractivity contribution >= 4 is 37.6 Å². The molecule has 21 heavy (non-hydrogen) atoms. The lowest BCUT2D eigenvalue weighted by Gasteiger charge is -2.19. The highest BCUT2D eigenvalue weighted by Gasteiger charge is 2.18. The first-order valence-corrected chi connectivity index (χ1v) is 8.09. The summed E-state index contributed by atoms with van der Waals surface area (Å²) in [5.74, 6) is 1.35. The Kier molecular flexibility index (Phi) is 4.31. The molecule has 1 heterocycles. The van der Waals surface area contributed by atoms with Gasteiger partial charge in [-0.2, -0.15) is 0 Å². The molecule has 0 bridgehead atoms. The molecule has 0 fully saturated rings. The lowest BCUT2D eigenvalue weighted by Crippen LogP contribution is -2.16. The molecule has 2 aromatic carbocycles. The maximum atomic E-state index is 12.5. The van der Waals surface area contributed by atoms with Crippen LogP contribution in [0, 0.1) is 0 Å². The van der Waals surface area contributed by atoms with E-state index in [0.717, 1.165) is 14.5 Å². The number of hydrogen-bond acceptors (Lipinski definition) is 3. The number of carbonyl (C=O) groups excluding carboxylic acids is 1. The van der Waals surface area contributed by atoms with Gasteiger partial charge in [-0.05, 0) is 45.8 Å². The normalized spacial score (nSPS) is 13.0. The molecule has 0 amide bonds. The van der Waals surface area contributed by atoms with Crippen LogP contribution in [0.15, 0.2) is 45.3 Å². The number of hydrogen-bond donors (Lipinski definition) is 0. The number of fused-ring (bicyclic) bond motifs is 1. The number of ether oxygens (including phenoxy) is 2. The number of benzene rings is 2. The van der Waals surface area contributed by atoms with Crippen LogP contribution in [0.1, 0.15) is 15.9 Å². The Morgan fingerprint density at radius 3 is 2.29 bits per heavy atom. The van der Waals surface area contributed by atoms with E-state index < -0.39 is 0 Å². The topological polar surface area (TPSA) is 35.5 Å². The predicted octanol–water partition coefficient (Wildman–Crippen LogP) is 4.41. The smallest absolute Gasteiger partial charge is 0.168 e. The molecule has 1 aliphatic rings. The molecule has 3 rings (SSSR count). The number of ketones is 1. The fraction of sp³-hybridized carbons (Fsp3) is 0.188. The van der Waals surface area contributed by atoms with E-state index in [4.69, 9.17) is 9.47 Å². The van der Waals surface area contributed by atoms with Gasteiger partial charge in [0.1, 0.15) is 13.2 Å². The van der Waals surface area contributed by atoms with Crippen molar-refractivity contribution in [3.8, 4) is 11.5 Å². The second-order valence-corrected chi connectivity index (χ2v) is 6.47. The summed E-state index contributed by atoms with van der Waals surface area (Å²) in [5, 5.41) is 0. The second kappa shape index (κ2) is 6.20. The van der Waals surface area contributed by atoms with Gasteiger partial charge in [0.15, 0.2) is 17.3 Å². The van der Waals surface area contributed by atoms with Crippen LogP contribution in [0.3, 0.4) is 0 Å². The minimum absolute atomic E-state index is 0.0428. The Bertz CT molecular complexity index is 681. The molecule has 0 radical (unpaired) electrons. The van der Waals surface area contributed by atoms with Crippen LogP contribution in [0.25, 0.3) is 0 Å². The monoisotopic (exact) mass is 410 g/mol. The predicted molar refractivity (Wildman–Crippen MR) is 87.3 cm³/mol. The van der Waals surface area contributed by atoms with E-state index in [1.807, 2.05) is 24.3 Å². The van der Waals surface area contributed by atoms with Crippen LogP contribution in [0.2, 0.25) is 0 Å². The maximum Gasteiger partial charge on any atom is 0.168 e. The fourth-order valence-electron chi connectivity index (χ4n) is 2.16. The standard InChI is InChI=1S/C16H12Br2O3/c17-11-3-1-10(2-4-11)7-14(19)12-8-15-16(9-13(12)18)21-6-5-20-15/h1-4,8-9H,5-7H2. The summed E-state index contributed by atoms with van der Waals surface area (Å²) in [6, 6.07) is 11.3. The van der Waals surface area contributed by atoms with Crippen molar-refractivity contribution in [1.29, 1.82) is 0 Å². The summed E-state index contributed by atoms with van der Waals surface area (Å²) < 4.78 is 12.8. The highest BCUT2D eigenvalue weighted by molar-refractivity contribution is 9.10. The van der Waals surface area contributed by atoms with Crippen LogP contribution in [-0.4, -0.2) is 19.0 Å². The molecule has 0 saturated heterocycles. The van der Waals surface area contributed by atoms with Crippen molar-refractivity contribution in [2.24, 2.45) is 0 Å². The third-order valence-corrected chi connectivity index (χ3v) is 4.39. The third kappa shape index (κ3) is 3.30. The van der Waals surface area contributed by atoms with E-state index >= 15 is 0 Å². The van der Waals surface area contributed by atoms with Crippen LogP contribution in [0.5, 0.6) is 11.5 Å². The quantitative estimate of drug-likeness (QED) is 0.701. The molecule has 1 aliphatic heterocycles. The Morgan fingerprint density at radius 1 is 1.00 bits per heavy atom. The van der Waals surface area contributed by atoms with Gasteiger partial charge in [-0.1, -0.05) is 28.1 Å². The van der Waals surface area contributed by atoms with Gasteiger partial charge in [-0.15, -0.1) is 0 Å². The molecule has 0 unspecified atom stereocenters. The Morgan fingerprint density at radius 2 is 1.62 bits per heavy atom. The summed E-state index contributed by atoms with van der Waals surface area (Å²) in [7, 11) is 0. The van der Waals surface area contributed by atoms with Gasteiger partial charge in [0.25, 0.3) is 0 Å². The molecule has 0 saturated carbocycles. The summed E-state index contributed by atoms with van der Waals surface area (Å²) >= 11 is 6.82. The lowest BCUT2D eigenvalue weighted by atomic mass is 10.0. The zero-order valence-corrected chi connectivity index (χ0v) is 14.2. The van der Waals surface area contributed by atoms with E-state index in [2.05, 4.69) is 31.9 Å². The first-order valence-electron chi connectivity index (χ1n) is 6.50. The maximum absolute atomic E-state index is 12.5. The van der Waals surface area contributed by atoms with Crippen molar-refractivity contribution in [1.82, 2.24) is 0 Å². The zero-order valence-electron chi connectivity index (χ0n) is 11.1. The third-order valence-electron chi connectivity index (χ3n) is 3.21. The van der Waals surface area contributed by atoms with Crippen LogP contribution >= 0.6 is 31.9 Å². The molecular weight excluding hydrogens is 400 g/mol. The first kappa shape index (κ1) is 14.6. The minimum atomic E-state index is 0.0428. The molecule has 0 aromatic heterocycles. The average molecular weight is 412 g/mol. The van der Waals surface area contributed by atoms with Crippen molar-refractivity contribution in [2.45, 2.75) is 6.42 Å². The fourth-order valence-corrected chi connectivity index (χ4v) is 2.97. The number of Topliss-reactive ketones (excluding diaryl/α,β-unsaturated/α-hetero) is 1. The van der Waals surface area contributed by atoms with E-state index in [1.165, 1.54) is 0 Å². The molecule has 3 nitrogen and oxygen atoms in total. The molecule has 108 valence electrons. The second-order valence-electron chi connectivity index (χ2n) is 4.70. The van der Waals surface area contributed by atoms with Gasteiger partial charge in [-0.3, -0.25) is 4.79 Å². The lowest BCUT2D eigenvalue weighted by molar-refractivity contribution is 0.0991. The van der Waals surface area contributed by atoms with Gasteiger partial charge < -0.3 is 9.47 Å². The van der Waals surface area contributed by atoms with Crippen molar-refractivity contribution < 1.29 is 14.3 Å². The Balaban J connectivity index is 1.85. The van der Waals surface area contributed by atoms with Gasteiger partial charge >= 0.3 is 0 Å². The van der Waals surface area contributed by atoms with E-state index in [0.29, 0.717) is 36.7 Å². The largest absolute Gasteiger partial charge is 0.486 e. The molecule has 0 aliphatic carbocycles. The molecular formula is C16H12Br2O3. The summed E-state index contributed by atoms with van der Waals surface area (Å²) in [6.45, 7) is 1.04. The number of carbonyl (C=O) groups is 1. The number of halogens is 2. The molecule has 0 spiro atoms. The van der Waals surface area contributed by atoms with E-state index in [-0.39, 0.29) is 5.78 Å². The summed E-state index contributed by atoms with van der Waals surface area (Å²) in [6.07, 6.45) is 0.353. The summed E-state index contributed by atoms with van der Waals surface area (Å²) in [5.41, 5.74) is 1.59. The molecule has 0 atom stereocenters.